The van der Waals surface area contributed by atoms with Crippen LogP contribution in [0.1, 0.15) is 25.2 Å². The van der Waals surface area contributed by atoms with Gasteiger partial charge in [-0.2, -0.15) is 0 Å². The quantitative estimate of drug-likeness (QED) is 0.300. The van der Waals surface area contributed by atoms with E-state index in [2.05, 4.69) is 26.2 Å². The van der Waals surface area contributed by atoms with Crippen LogP contribution in [0, 0.1) is 0 Å². The molecule has 0 radical (unpaired) electrons. The summed E-state index contributed by atoms with van der Waals surface area (Å²) < 4.78 is 4.26. The van der Waals surface area contributed by atoms with Gasteiger partial charge in [-0.3, -0.25) is 0 Å². The number of rotatable bonds is 5. The lowest BCUT2D eigenvalue weighted by Crippen LogP contribution is -2.08. The number of oxime groups is 1. The van der Waals surface area contributed by atoms with Gasteiger partial charge in [0.25, 0.3) is 0 Å². The van der Waals surface area contributed by atoms with Crippen molar-refractivity contribution in [1.82, 2.24) is 19.1 Å². The molecule has 142 valence electrons. The van der Waals surface area contributed by atoms with Gasteiger partial charge in [0.1, 0.15) is 11.6 Å². The number of imidazole rings is 2. The molecular weight excluding hydrogens is 374 g/mol. The lowest BCUT2D eigenvalue weighted by Gasteiger charge is -2.10. The van der Waals surface area contributed by atoms with Gasteiger partial charge in [-0.15, -0.1) is 0 Å². The third-order valence-electron chi connectivity index (χ3n) is 4.82. The Bertz CT molecular complexity index is 1170. The monoisotopic (exact) mass is 393 g/mol. The Hall–Kier alpha value is -3.12. The second kappa shape index (κ2) is 7.48. The predicted octanol–water partition coefficient (Wildman–Crippen LogP) is 4.82. The van der Waals surface area contributed by atoms with Crippen LogP contribution >= 0.6 is 11.6 Å². The van der Waals surface area contributed by atoms with Gasteiger partial charge in [-0.1, -0.05) is 35.0 Å². The molecule has 0 atom stereocenters. The largest absolute Gasteiger partial charge is 0.411 e. The number of benzene rings is 2. The Morgan fingerprint density at radius 2 is 2.07 bits per heavy atom. The summed E-state index contributed by atoms with van der Waals surface area (Å²) in [7, 11) is 0. The Morgan fingerprint density at radius 1 is 1.21 bits per heavy atom. The van der Waals surface area contributed by atoms with E-state index in [9.17, 15) is 0 Å². The minimum Gasteiger partial charge on any atom is -0.411 e. The number of halogens is 1. The van der Waals surface area contributed by atoms with Gasteiger partial charge in [-0.05, 0) is 38.1 Å². The molecule has 0 amide bonds. The van der Waals surface area contributed by atoms with Crippen LogP contribution in [-0.4, -0.2) is 30.0 Å². The van der Waals surface area contributed by atoms with Gasteiger partial charge in [0.2, 0.25) is 0 Å². The normalized spacial score (nSPS) is 12.0. The van der Waals surface area contributed by atoms with E-state index in [0.717, 1.165) is 40.4 Å². The van der Waals surface area contributed by atoms with Crippen LogP contribution in [0.25, 0.3) is 22.4 Å². The van der Waals surface area contributed by atoms with Crippen LogP contribution in [0.4, 0.5) is 0 Å². The zero-order valence-electron chi connectivity index (χ0n) is 15.7. The average molecular weight is 394 g/mol. The van der Waals surface area contributed by atoms with E-state index < -0.39 is 0 Å². The van der Waals surface area contributed by atoms with Crippen molar-refractivity contribution in [3.63, 3.8) is 0 Å². The van der Waals surface area contributed by atoms with E-state index in [1.54, 1.807) is 13.1 Å². The highest BCUT2D eigenvalue weighted by Gasteiger charge is 2.14. The molecule has 0 aliphatic carbocycles. The van der Waals surface area contributed by atoms with Crippen molar-refractivity contribution in [1.29, 1.82) is 0 Å². The summed E-state index contributed by atoms with van der Waals surface area (Å²) in [5.74, 6) is 1.79. The van der Waals surface area contributed by atoms with Crippen molar-refractivity contribution in [3.05, 3.63) is 71.3 Å². The van der Waals surface area contributed by atoms with Crippen molar-refractivity contribution in [2.45, 2.75) is 26.9 Å². The van der Waals surface area contributed by atoms with Gasteiger partial charge < -0.3 is 14.3 Å². The first-order chi connectivity index (χ1) is 13.6. The van der Waals surface area contributed by atoms with Crippen molar-refractivity contribution in [3.8, 4) is 11.4 Å². The standard InChI is InChI=1S/C21H20ClN5O/c1-3-27-19-8-7-15(14(2)25-28)12-18(19)24-20(27)13-26-10-9-23-21(26)16-5-4-6-17(22)11-16/h4-12,28H,3,13H2,1-2H3. The molecule has 4 rings (SSSR count). The lowest BCUT2D eigenvalue weighted by atomic mass is 10.1. The number of fused-ring (bicyclic) bond motifs is 1. The molecular formula is C21H20ClN5O. The Kier molecular flexibility index (Phi) is 4.88. The number of nitrogens with zero attached hydrogens (tertiary/aromatic N) is 5. The topological polar surface area (TPSA) is 68.2 Å². The third kappa shape index (κ3) is 3.27. The zero-order chi connectivity index (χ0) is 19.7. The summed E-state index contributed by atoms with van der Waals surface area (Å²) >= 11 is 6.15. The maximum Gasteiger partial charge on any atom is 0.140 e. The minimum absolute atomic E-state index is 0.562. The molecule has 6 nitrogen and oxygen atoms in total. The Morgan fingerprint density at radius 3 is 2.82 bits per heavy atom. The molecule has 0 fully saturated rings. The molecule has 0 saturated carbocycles. The van der Waals surface area contributed by atoms with Crippen molar-refractivity contribution in [2.24, 2.45) is 5.16 Å². The number of aryl methyl sites for hydroxylation is 1. The van der Waals surface area contributed by atoms with Gasteiger partial charge in [-0.25, -0.2) is 9.97 Å². The molecule has 4 aromatic rings. The van der Waals surface area contributed by atoms with Crippen molar-refractivity contribution >= 4 is 28.3 Å². The second-order valence-corrected chi connectivity index (χ2v) is 6.99. The highest BCUT2D eigenvalue weighted by atomic mass is 35.5. The molecule has 0 unspecified atom stereocenters. The fraction of sp³-hybridized carbons (Fsp3) is 0.190. The predicted molar refractivity (Wildman–Crippen MR) is 111 cm³/mol. The van der Waals surface area contributed by atoms with E-state index >= 15 is 0 Å². The van der Waals surface area contributed by atoms with Crippen LogP contribution in [0.15, 0.2) is 60.0 Å². The molecule has 0 aliphatic heterocycles. The maximum absolute atomic E-state index is 9.04. The summed E-state index contributed by atoms with van der Waals surface area (Å²) in [4.78, 5) is 9.35. The molecule has 2 aromatic heterocycles. The van der Waals surface area contributed by atoms with E-state index in [0.29, 0.717) is 17.3 Å². The van der Waals surface area contributed by atoms with E-state index in [1.807, 2.05) is 48.7 Å². The SMILES string of the molecule is CCn1c(Cn2ccnc2-c2cccc(Cl)c2)nc2cc(C(C)=NO)ccc21. The van der Waals surface area contributed by atoms with E-state index in [4.69, 9.17) is 21.8 Å². The highest BCUT2D eigenvalue weighted by molar-refractivity contribution is 6.30. The molecule has 0 spiro atoms. The number of hydrogen-bond donors (Lipinski definition) is 1. The lowest BCUT2D eigenvalue weighted by molar-refractivity contribution is 0.319. The molecule has 0 bridgehead atoms. The molecule has 28 heavy (non-hydrogen) atoms. The first-order valence-electron chi connectivity index (χ1n) is 9.06. The van der Waals surface area contributed by atoms with Gasteiger partial charge in [0.05, 0.1) is 23.3 Å². The van der Waals surface area contributed by atoms with Gasteiger partial charge in [0, 0.05) is 35.1 Å². The molecule has 7 heteroatoms. The van der Waals surface area contributed by atoms with Crippen molar-refractivity contribution in [2.75, 3.05) is 0 Å². The molecule has 0 aliphatic rings. The van der Waals surface area contributed by atoms with Crippen LogP contribution in [0.5, 0.6) is 0 Å². The summed E-state index contributed by atoms with van der Waals surface area (Å²) in [6.45, 7) is 5.26. The minimum atomic E-state index is 0.562. The molecule has 1 N–H and O–H groups in total. The fourth-order valence-corrected chi connectivity index (χ4v) is 3.60. The van der Waals surface area contributed by atoms with E-state index in [-0.39, 0.29) is 0 Å². The first-order valence-corrected chi connectivity index (χ1v) is 9.43. The molecule has 2 aromatic carbocycles. The second-order valence-electron chi connectivity index (χ2n) is 6.55. The van der Waals surface area contributed by atoms with Gasteiger partial charge >= 0.3 is 0 Å². The summed E-state index contributed by atoms with van der Waals surface area (Å²) in [5, 5.41) is 13.0. The number of aromatic nitrogens is 4. The molecule has 0 saturated heterocycles. The zero-order valence-corrected chi connectivity index (χ0v) is 16.4. The summed E-state index contributed by atoms with van der Waals surface area (Å²) in [5.41, 5.74) is 4.31. The van der Waals surface area contributed by atoms with Crippen LogP contribution in [0.2, 0.25) is 5.02 Å². The Labute approximate surface area is 167 Å². The van der Waals surface area contributed by atoms with Crippen molar-refractivity contribution < 1.29 is 5.21 Å². The van der Waals surface area contributed by atoms with E-state index in [1.165, 1.54) is 0 Å². The molecule has 2 heterocycles. The van der Waals surface area contributed by atoms with Crippen LogP contribution in [0.3, 0.4) is 0 Å². The summed E-state index contributed by atoms with van der Waals surface area (Å²) in [6.07, 6.45) is 3.73. The average Bonchev–Trinajstić information content (AvgIpc) is 3.30. The number of hydrogen-bond acceptors (Lipinski definition) is 4. The fourth-order valence-electron chi connectivity index (χ4n) is 3.41. The van der Waals surface area contributed by atoms with Gasteiger partial charge in [0.15, 0.2) is 0 Å². The maximum atomic E-state index is 9.04. The first kappa shape index (κ1) is 18.3. The smallest absolute Gasteiger partial charge is 0.140 e. The third-order valence-corrected chi connectivity index (χ3v) is 5.06. The Balaban J connectivity index is 1.76. The van der Waals surface area contributed by atoms with Crippen LogP contribution in [-0.2, 0) is 13.1 Å². The van der Waals surface area contributed by atoms with Crippen LogP contribution < -0.4 is 0 Å². The summed E-state index contributed by atoms with van der Waals surface area (Å²) in [6, 6.07) is 13.6. The highest BCUT2D eigenvalue weighted by Crippen LogP contribution is 2.24.